The number of amides is 2. The number of anilines is 1. The maximum atomic E-state index is 12.4. The van der Waals surface area contributed by atoms with Crippen LogP contribution in [0, 0.1) is 6.92 Å². The van der Waals surface area contributed by atoms with Gasteiger partial charge in [-0.05, 0) is 19.1 Å². The van der Waals surface area contributed by atoms with E-state index in [1.807, 2.05) is 5.32 Å². The second-order valence-corrected chi connectivity index (χ2v) is 6.59. The zero-order valence-electron chi connectivity index (χ0n) is 13.9. The van der Waals surface area contributed by atoms with Crippen molar-refractivity contribution in [1.29, 1.82) is 0 Å². The summed E-state index contributed by atoms with van der Waals surface area (Å²) < 4.78 is 83.6. The highest BCUT2D eigenvalue weighted by Gasteiger charge is 2.24. The van der Waals surface area contributed by atoms with Crippen LogP contribution in [0.4, 0.5) is 28.3 Å². The fourth-order valence-electron chi connectivity index (χ4n) is 1.92. The minimum atomic E-state index is -4.62. The van der Waals surface area contributed by atoms with Crippen LogP contribution in [0.2, 0.25) is 0 Å². The maximum Gasteiger partial charge on any atom is 0.388 e. The fourth-order valence-corrected chi connectivity index (χ4v) is 2.96. The number of aryl methyl sites for hydroxylation is 1. The van der Waals surface area contributed by atoms with E-state index in [9.17, 15) is 30.8 Å². The number of benzene rings is 1. The van der Waals surface area contributed by atoms with E-state index in [1.54, 1.807) is 4.72 Å². The number of hydrogen-bond acceptors (Lipinski definition) is 7. The molecule has 0 aliphatic carbocycles. The smallest absolute Gasteiger partial charge is 0.388 e. The summed E-state index contributed by atoms with van der Waals surface area (Å²) in [6.45, 7) is -5.08. The molecule has 2 rings (SSSR count). The number of urea groups is 1. The van der Waals surface area contributed by atoms with Crippen LogP contribution in [0.5, 0.6) is 11.6 Å². The predicted molar refractivity (Wildman–Crippen MR) is 85.8 cm³/mol. The molecule has 28 heavy (non-hydrogen) atoms. The average molecular weight is 424 g/mol. The number of carbonyl (C=O) groups excluding carboxylic acids is 1. The quantitative estimate of drug-likeness (QED) is 0.656. The second kappa shape index (κ2) is 8.69. The van der Waals surface area contributed by atoms with Crippen LogP contribution >= 0.6 is 0 Å². The molecule has 0 aliphatic heterocycles. The molecular formula is C14H12F4N4O5S. The molecule has 2 aromatic rings. The van der Waals surface area contributed by atoms with E-state index in [4.69, 9.17) is 0 Å². The maximum absolute atomic E-state index is 12.4. The van der Waals surface area contributed by atoms with Crippen LogP contribution < -0.4 is 19.5 Å². The number of rotatable bonds is 7. The fraction of sp³-hybridized carbons (Fsp3) is 0.214. The van der Waals surface area contributed by atoms with Crippen LogP contribution in [0.15, 0.2) is 35.2 Å². The third kappa shape index (κ3) is 5.94. The first kappa shape index (κ1) is 21.1. The number of alkyl halides is 4. The van der Waals surface area contributed by atoms with Gasteiger partial charge in [0.15, 0.2) is 0 Å². The summed E-state index contributed by atoms with van der Waals surface area (Å²) in [4.78, 5) is 18.4. The molecular weight excluding hydrogens is 412 g/mol. The Kier molecular flexibility index (Phi) is 6.56. The highest BCUT2D eigenvalue weighted by atomic mass is 32.2. The lowest BCUT2D eigenvalue weighted by Crippen LogP contribution is -2.35. The Labute approximate surface area is 155 Å². The number of nitrogens with zero attached hydrogens (tertiary/aromatic N) is 2. The first-order chi connectivity index (χ1) is 13.1. The molecule has 1 heterocycles. The summed E-state index contributed by atoms with van der Waals surface area (Å²) in [5.74, 6) is -1.77. The summed E-state index contributed by atoms with van der Waals surface area (Å²) in [6.07, 6.45) is 0. The number of sulfonamides is 1. The minimum Gasteiger partial charge on any atom is -0.433 e. The summed E-state index contributed by atoms with van der Waals surface area (Å²) in [5, 5.41) is 1.92. The van der Waals surface area contributed by atoms with Crippen molar-refractivity contribution in [2.75, 3.05) is 5.32 Å². The lowest BCUT2D eigenvalue weighted by molar-refractivity contribution is -0.0532. The second-order valence-electron chi connectivity index (χ2n) is 4.93. The van der Waals surface area contributed by atoms with Crippen molar-refractivity contribution >= 4 is 22.0 Å². The van der Waals surface area contributed by atoms with E-state index in [2.05, 4.69) is 19.4 Å². The van der Waals surface area contributed by atoms with Gasteiger partial charge in [-0.2, -0.15) is 22.5 Å². The van der Waals surface area contributed by atoms with Gasteiger partial charge in [-0.3, -0.25) is 5.32 Å². The Morgan fingerprint density at radius 3 is 2.36 bits per heavy atom. The molecule has 0 saturated carbocycles. The molecule has 0 spiro atoms. The van der Waals surface area contributed by atoms with Gasteiger partial charge in [-0.15, -0.1) is 0 Å². The normalized spacial score (nSPS) is 11.4. The third-order valence-electron chi connectivity index (χ3n) is 2.85. The Hall–Kier alpha value is -3.16. The zero-order valence-corrected chi connectivity index (χ0v) is 14.7. The largest absolute Gasteiger partial charge is 0.433 e. The Morgan fingerprint density at radius 1 is 1.07 bits per heavy atom. The van der Waals surface area contributed by atoms with Crippen molar-refractivity contribution in [3.63, 3.8) is 0 Å². The van der Waals surface area contributed by atoms with Gasteiger partial charge in [0.1, 0.15) is 10.6 Å². The number of carbonyl (C=O) groups is 1. The minimum absolute atomic E-state index is 0.138. The topological polar surface area (TPSA) is 120 Å². The first-order valence-corrected chi connectivity index (χ1v) is 8.73. The molecule has 0 saturated heterocycles. The van der Waals surface area contributed by atoms with Gasteiger partial charge >= 0.3 is 19.3 Å². The van der Waals surface area contributed by atoms with Gasteiger partial charge in [-0.1, -0.05) is 12.1 Å². The van der Waals surface area contributed by atoms with Crippen molar-refractivity contribution in [2.24, 2.45) is 0 Å². The Bertz CT molecular complexity index is 958. The van der Waals surface area contributed by atoms with Crippen LogP contribution in [-0.4, -0.2) is 37.6 Å². The number of halogens is 4. The van der Waals surface area contributed by atoms with E-state index in [1.165, 1.54) is 19.1 Å². The Morgan fingerprint density at radius 2 is 1.71 bits per heavy atom. The summed E-state index contributed by atoms with van der Waals surface area (Å²) in [6, 6.07) is 4.07. The van der Waals surface area contributed by atoms with Crippen LogP contribution in [-0.2, 0) is 10.0 Å². The highest BCUT2D eigenvalue weighted by Crippen LogP contribution is 2.24. The molecule has 0 radical (unpaired) electrons. The SMILES string of the molecule is Cc1cc(OC(F)F)nc(NC(=O)NS(=O)(=O)c2ccccc2OC(F)F)n1. The highest BCUT2D eigenvalue weighted by molar-refractivity contribution is 7.90. The van der Waals surface area contributed by atoms with Gasteiger partial charge in [0.25, 0.3) is 10.0 Å². The molecule has 2 amide bonds. The first-order valence-electron chi connectivity index (χ1n) is 7.25. The van der Waals surface area contributed by atoms with Gasteiger partial charge in [0.05, 0.1) is 0 Å². The summed E-state index contributed by atoms with van der Waals surface area (Å²) in [5.41, 5.74) is 0.138. The van der Waals surface area contributed by atoms with Crippen molar-refractivity contribution in [2.45, 2.75) is 25.0 Å². The van der Waals surface area contributed by atoms with Gasteiger partial charge in [-0.25, -0.2) is 22.9 Å². The molecule has 14 heteroatoms. The molecule has 9 nitrogen and oxygen atoms in total. The monoisotopic (exact) mass is 424 g/mol. The Balaban J connectivity index is 2.18. The predicted octanol–water partition coefficient (Wildman–Crippen LogP) is 2.50. The standard InChI is InChI=1S/C14H12F4N4O5S/c1-7-6-10(27-12(17)18)20-13(19-7)21-14(23)22-28(24,25)9-5-3-2-4-8(9)26-11(15)16/h2-6,11-12H,1H3,(H2,19,20,21,22,23). The van der Waals surface area contributed by atoms with Crippen molar-refractivity contribution in [1.82, 2.24) is 14.7 Å². The van der Waals surface area contributed by atoms with Crippen molar-refractivity contribution < 1.29 is 40.2 Å². The zero-order chi connectivity index (χ0) is 20.9. The summed E-state index contributed by atoms with van der Waals surface area (Å²) >= 11 is 0. The molecule has 1 aromatic heterocycles. The molecule has 0 fully saturated rings. The van der Waals surface area contributed by atoms with Gasteiger partial charge in [0, 0.05) is 11.8 Å². The molecule has 0 atom stereocenters. The number of aromatic nitrogens is 2. The molecule has 1 aromatic carbocycles. The molecule has 152 valence electrons. The average Bonchev–Trinajstić information content (AvgIpc) is 2.52. The van der Waals surface area contributed by atoms with Crippen LogP contribution in [0.3, 0.4) is 0 Å². The number of ether oxygens (including phenoxy) is 2. The number of nitrogens with one attached hydrogen (secondary N) is 2. The van der Waals surface area contributed by atoms with E-state index in [-0.39, 0.29) is 5.69 Å². The van der Waals surface area contributed by atoms with E-state index in [0.717, 1.165) is 18.2 Å². The third-order valence-corrected chi connectivity index (χ3v) is 4.22. The van der Waals surface area contributed by atoms with Crippen LogP contribution in [0.25, 0.3) is 0 Å². The summed E-state index contributed by atoms with van der Waals surface area (Å²) in [7, 11) is -4.62. The van der Waals surface area contributed by atoms with Crippen LogP contribution in [0.1, 0.15) is 5.69 Å². The molecule has 0 unspecified atom stereocenters. The molecule has 2 N–H and O–H groups in total. The van der Waals surface area contributed by atoms with E-state index < -0.39 is 51.8 Å². The van der Waals surface area contributed by atoms with Crippen molar-refractivity contribution in [3.05, 3.63) is 36.0 Å². The molecule has 0 bridgehead atoms. The van der Waals surface area contributed by atoms with E-state index in [0.29, 0.717) is 0 Å². The van der Waals surface area contributed by atoms with Gasteiger partial charge < -0.3 is 9.47 Å². The molecule has 0 aliphatic rings. The number of para-hydroxylation sites is 1. The van der Waals surface area contributed by atoms with Crippen molar-refractivity contribution in [3.8, 4) is 11.6 Å². The van der Waals surface area contributed by atoms with E-state index >= 15 is 0 Å². The van der Waals surface area contributed by atoms with Gasteiger partial charge in [0.2, 0.25) is 11.8 Å². The lowest BCUT2D eigenvalue weighted by atomic mass is 10.3. The lowest BCUT2D eigenvalue weighted by Gasteiger charge is -2.12. The number of hydrogen-bond donors (Lipinski definition) is 2.